The van der Waals surface area contributed by atoms with Crippen molar-refractivity contribution in [2.45, 2.75) is 23.7 Å². The van der Waals surface area contributed by atoms with E-state index in [4.69, 9.17) is 24.2 Å². The lowest BCUT2D eigenvalue weighted by atomic mass is 10.2. The lowest BCUT2D eigenvalue weighted by Crippen LogP contribution is -2.36. The molecule has 1 amide bonds. The molecule has 1 aliphatic rings. The van der Waals surface area contributed by atoms with Gasteiger partial charge in [0.2, 0.25) is 5.91 Å². The molecule has 4 rings (SSSR count). The van der Waals surface area contributed by atoms with Gasteiger partial charge >= 0.3 is 0 Å². The number of carbonyl (C=O) groups is 1. The van der Waals surface area contributed by atoms with Crippen molar-refractivity contribution in [2.24, 2.45) is 0 Å². The minimum Gasteiger partial charge on any atom is -0.493 e. The molecular formula is C24H28N4O4S. The molecule has 1 saturated heterocycles. The zero-order valence-electron chi connectivity index (χ0n) is 19.0. The Morgan fingerprint density at radius 3 is 2.64 bits per heavy atom. The number of nitrogens with one attached hydrogen (secondary N) is 1. The third-order valence-electron chi connectivity index (χ3n) is 5.39. The Kier molecular flexibility index (Phi) is 7.64. The molecule has 0 spiro atoms. The molecule has 2 aromatic carbocycles. The number of amides is 1. The predicted molar refractivity (Wildman–Crippen MR) is 129 cm³/mol. The van der Waals surface area contributed by atoms with E-state index in [2.05, 4.69) is 10.2 Å². The van der Waals surface area contributed by atoms with Crippen LogP contribution in [-0.4, -0.2) is 66.5 Å². The highest BCUT2D eigenvalue weighted by molar-refractivity contribution is 8.00. The second-order valence-electron chi connectivity index (χ2n) is 7.67. The summed E-state index contributed by atoms with van der Waals surface area (Å²) in [5.74, 6) is 1.80. The fourth-order valence-corrected chi connectivity index (χ4v) is 4.55. The van der Waals surface area contributed by atoms with E-state index < -0.39 is 0 Å². The highest BCUT2D eigenvalue weighted by Gasteiger charge is 2.20. The zero-order chi connectivity index (χ0) is 23.2. The molecule has 1 N–H and O–H groups in total. The molecule has 1 unspecified atom stereocenters. The van der Waals surface area contributed by atoms with Crippen molar-refractivity contribution < 1.29 is 19.0 Å². The molecule has 1 aliphatic heterocycles. The quantitative estimate of drug-likeness (QED) is 0.397. The summed E-state index contributed by atoms with van der Waals surface area (Å²) in [7, 11) is 3.14. The molecular weight excluding hydrogens is 440 g/mol. The van der Waals surface area contributed by atoms with Crippen LogP contribution in [0.3, 0.4) is 0 Å². The van der Waals surface area contributed by atoms with Gasteiger partial charge in [-0.25, -0.2) is 9.97 Å². The number of para-hydroxylation sites is 1. The van der Waals surface area contributed by atoms with E-state index in [1.165, 1.54) is 11.8 Å². The third kappa shape index (κ3) is 5.73. The van der Waals surface area contributed by atoms with Gasteiger partial charge in [-0.3, -0.25) is 9.69 Å². The van der Waals surface area contributed by atoms with Gasteiger partial charge in [-0.2, -0.15) is 0 Å². The molecule has 0 saturated carbocycles. The largest absolute Gasteiger partial charge is 0.493 e. The van der Waals surface area contributed by atoms with Gasteiger partial charge in [0, 0.05) is 30.2 Å². The number of morpholine rings is 1. The lowest BCUT2D eigenvalue weighted by molar-refractivity contribution is -0.115. The lowest BCUT2D eigenvalue weighted by Gasteiger charge is -2.26. The first-order chi connectivity index (χ1) is 16.1. The van der Waals surface area contributed by atoms with Crippen LogP contribution in [0, 0.1) is 0 Å². The highest BCUT2D eigenvalue weighted by atomic mass is 32.2. The third-order valence-corrected chi connectivity index (χ3v) is 6.49. The van der Waals surface area contributed by atoms with Crippen molar-refractivity contribution in [3.8, 4) is 11.5 Å². The van der Waals surface area contributed by atoms with E-state index in [0.29, 0.717) is 23.7 Å². The molecule has 174 valence electrons. The number of methoxy groups -OCH3 is 2. The molecule has 0 bridgehead atoms. The number of carbonyl (C=O) groups excluding carboxylic acids is 1. The van der Waals surface area contributed by atoms with Crippen molar-refractivity contribution in [2.75, 3.05) is 45.8 Å². The van der Waals surface area contributed by atoms with Crippen molar-refractivity contribution in [3.05, 3.63) is 48.3 Å². The van der Waals surface area contributed by atoms with E-state index in [0.717, 1.165) is 48.1 Å². The van der Waals surface area contributed by atoms with Crippen LogP contribution in [0.4, 0.5) is 5.69 Å². The van der Waals surface area contributed by atoms with Crippen LogP contribution < -0.4 is 14.8 Å². The second kappa shape index (κ2) is 10.8. The monoisotopic (exact) mass is 468 g/mol. The summed E-state index contributed by atoms with van der Waals surface area (Å²) in [5.41, 5.74) is 1.52. The standard InChI is InChI=1S/C24H28N4O4S/c1-16(23(29)25-17-8-9-20(30-2)21(14-17)31-3)33-24-18-6-4-5-7-19(18)26-22(27-24)15-28-10-12-32-13-11-28/h4-9,14,16H,10-13,15H2,1-3H3,(H,25,29). The predicted octanol–water partition coefficient (Wildman–Crippen LogP) is 3.60. The number of anilines is 1. The number of nitrogens with zero attached hydrogens (tertiary/aromatic N) is 3. The van der Waals surface area contributed by atoms with Crippen molar-refractivity contribution in [1.82, 2.24) is 14.9 Å². The van der Waals surface area contributed by atoms with Crippen LogP contribution in [0.15, 0.2) is 47.5 Å². The summed E-state index contributed by atoms with van der Waals surface area (Å²) in [5, 5.41) is 4.34. The van der Waals surface area contributed by atoms with Crippen LogP contribution in [0.25, 0.3) is 10.9 Å². The van der Waals surface area contributed by atoms with Gasteiger partial charge in [0.05, 0.1) is 44.7 Å². The number of fused-ring (bicyclic) bond motifs is 1. The summed E-state index contributed by atoms with van der Waals surface area (Å²) in [4.78, 5) is 24.8. The maximum atomic E-state index is 12.9. The summed E-state index contributed by atoms with van der Waals surface area (Å²) in [6.45, 7) is 5.71. The van der Waals surface area contributed by atoms with Crippen molar-refractivity contribution >= 4 is 34.3 Å². The van der Waals surface area contributed by atoms with E-state index in [-0.39, 0.29) is 11.2 Å². The van der Waals surface area contributed by atoms with Crippen LogP contribution in [0.1, 0.15) is 12.7 Å². The van der Waals surface area contributed by atoms with Gasteiger partial charge in [-0.15, -0.1) is 0 Å². The number of hydrogen-bond acceptors (Lipinski definition) is 8. The van der Waals surface area contributed by atoms with Gasteiger partial charge in [0.25, 0.3) is 0 Å². The number of hydrogen-bond donors (Lipinski definition) is 1. The van der Waals surface area contributed by atoms with Gasteiger partial charge in [-0.1, -0.05) is 30.0 Å². The summed E-state index contributed by atoms with van der Waals surface area (Å²) < 4.78 is 16.0. The summed E-state index contributed by atoms with van der Waals surface area (Å²) >= 11 is 1.43. The summed E-state index contributed by atoms with van der Waals surface area (Å²) in [6, 6.07) is 13.2. The SMILES string of the molecule is COc1ccc(NC(=O)C(C)Sc2nc(CN3CCOCC3)nc3ccccc23)cc1OC. The number of aromatic nitrogens is 2. The number of ether oxygens (including phenoxy) is 3. The molecule has 33 heavy (non-hydrogen) atoms. The van der Waals surface area contributed by atoms with E-state index in [1.807, 2.05) is 31.2 Å². The molecule has 9 heteroatoms. The summed E-state index contributed by atoms with van der Waals surface area (Å²) in [6.07, 6.45) is 0. The Morgan fingerprint density at radius 2 is 1.88 bits per heavy atom. The van der Waals surface area contributed by atoms with Gasteiger partial charge in [0.1, 0.15) is 10.9 Å². The van der Waals surface area contributed by atoms with Gasteiger partial charge in [0.15, 0.2) is 11.5 Å². The van der Waals surface area contributed by atoms with Crippen LogP contribution in [-0.2, 0) is 16.1 Å². The zero-order valence-corrected chi connectivity index (χ0v) is 19.9. The molecule has 2 heterocycles. The maximum absolute atomic E-state index is 12.9. The number of thioether (sulfide) groups is 1. The van der Waals surface area contributed by atoms with Crippen LogP contribution in [0.5, 0.6) is 11.5 Å². The van der Waals surface area contributed by atoms with Gasteiger partial charge in [-0.05, 0) is 25.1 Å². The average Bonchev–Trinajstić information content (AvgIpc) is 2.84. The van der Waals surface area contributed by atoms with E-state index in [1.54, 1.807) is 32.4 Å². The Hall–Kier alpha value is -2.88. The minimum atomic E-state index is -0.368. The normalized spacial score (nSPS) is 15.2. The number of rotatable bonds is 8. The van der Waals surface area contributed by atoms with E-state index >= 15 is 0 Å². The first-order valence-electron chi connectivity index (χ1n) is 10.8. The minimum absolute atomic E-state index is 0.121. The second-order valence-corrected chi connectivity index (χ2v) is 9.00. The molecule has 8 nitrogen and oxygen atoms in total. The first kappa shape index (κ1) is 23.3. The first-order valence-corrected chi connectivity index (χ1v) is 11.7. The molecule has 0 radical (unpaired) electrons. The molecule has 1 atom stereocenters. The molecule has 1 aromatic heterocycles. The smallest absolute Gasteiger partial charge is 0.237 e. The van der Waals surface area contributed by atoms with Crippen LogP contribution >= 0.6 is 11.8 Å². The maximum Gasteiger partial charge on any atom is 0.237 e. The Morgan fingerprint density at radius 1 is 1.12 bits per heavy atom. The Balaban J connectivity index is 1.51. The van der Waals surface area contributed by atoms with Crippen molar-refractivity contribution in [3.63, 3.8) is 0 Å². The highest BCUT2D eigenvalue weighted by Crippen LogP contribution is 2.32. The molecule has 1 fully saturated rings. The average molecular weight is 469 g/mol. The number of benzene rings is 2. The molecule has 3 aromatic rings. The van der Waals surface area contributed by atoms with Crippen molar-refractivity contribution in [1.29, 1.82) is 0 Å². The Bertz CT molecular complexity index is 1120. The Labute approximate surface area is 197 Å². The van der Waals surface area contributed by atoms with Crippen LogP contribution in [0.2, 0.25) is 0 Å². The fraction of sp³-hybridized carbons (Fsp3) is 0.375. The van der Waals surface area contributed by atoms with E-state index in [9.17, 15) is 4.79 Å². The molecule has 0 aliphatic carbocycles. The van der Waals surface area contributed by atoms with Gasteiger partial charge < -0.3 is 19.5 Å². The topological polar surface area (TPSA) is 85.8 Å². The fourth-order valence-electron chi connectivity index (χ4n) is 3.59.